The molecule has 0 saturated carbocycles. The Morgan fingerprint density at radius 2 is 1.69 bits per heavy atom. The van der Waals surface area contributed by atoms with E-state index >= 15 is 0 Å². The molecule has 0 heterocycles. The van der Waals surface area contributed by atoms with Crippen molar-refractivity contribution in [1.29, 1.82) is 0 Å². The fraction of sp³-hybridized carbons (Fsp3) is 1.00. The number of halogens is 3. The Morgan fingerprint density at radius 1 is 1.15 bits per heavy atom. The lowest BCUT2D eigenvalue weighted by molar-refractivity contribution is -0.221. The third-order valence-electron chi connectivity index (χ3n) is 2.60. The number of hydrogen-bond acceptors (Lipinski definition) is 1. The average molecular weight is 214 g/mol. The predicted molar refractivity (Wildman–Crippen MR) is 52.2 cm³/mol. The Balaban J connectivity index is 4.13. The number of alkyl halides is 3. The first-order valence-corrected chi connectivity index (χ1v) is 5.18. The lowest BCUT2D eigenvalue weighted by Crippen LogP contribution is -2.34. The van der Waals surface area contributed by atoms with E-state index in [1.54, 1.807) is 6.92 Å². The van der Waals surface area contributed by atoms with E-state index in [9.17, 15) is 13.2 Å². The molecule has 0 bridgehead atoms. The van der Waals surface area contributed by atoms with E-state index in [1.807, 2.05) is 0 Å². The van der Waals surface area contributed by atoms with Gasteiger partial charge in [0.1, 0.15) is 0 Å². The highest BCUT2D eigenvalue weighted by Gasteiger charge is 2.48. The molecule has 0 rings (SSSR count). The second-order valence-electron chi connectivity index (χ2n) is 3.59. The van der Waals surface area contributed by atoms with Crippen LogP contribution in [0.25, 0.3) is 0 Å². The van der Waals surface area contributed by atoms with Gasteiger partial charge < -0.3 is 0 Å². The van der Waals surface area contributed by atoms with Gasteiger partial charge in [-0.15, -0.1) is 0 Å². The molecule has 0 aliphatic heterocycles. The topological polar surface area (TPSA) is 0 Å². The van der Waals surface area contributed by atoms with E-state index in [1.165, 1.54) is 6.92 Å². The standard InChI is InChI=1S/C9H17F3S/c1-3-8(2,9(10,11)12)6-4-5-7-13/h13H,3-7H2,1-2H3/t8-/m1/s1. The maximum absolute atomic E-state index is 12.5. The lowest BCUT2D eigenvalue weighted by Gasteiger charge is -2.30. The van der Waals surface area contributed by atoms with Crippen LogP contribution in [-0.2, 0) is 0 Å². The molecule has 0 aromatic heterocycles. The summed E-state index contributed by atoms with van der Waals surface area (Å²) in [5, 5.41) is 0. The molecule has 0 aromatic carbocycles. The summed E-state index contributed by atoms with van der Waals surface area (Å²) in [5.74, 6) is 0.664. The molecule has 0 aliphatic rings. The SMILES string of the molecule is CC[C@](C)(CCCCS)C(F)(F)F. The second-order valence-corrected chi connectivity index (χ2v) is 4.04. The van der Waals surface area contributed by atoms with E-state index in [0.29, 0.717) is 12.2 Å². The second kappa shape index (κ2) is 5.13. The smallest absolute Gasteiger partial charge is 0.179 e. The Kier molecular flexibility index (Phi) is 5.18. The van der Waals surface area contributed by atoms with Crippen molar-refractivity contribution in [2.75, 3.05) is 5.75 Å². The van der Waals surface area contributed by atoms with Gasteiger partial charge in [-0.1, -0.05) is 20.3 Å². The zero-order chi connectivity index (χ0) is 10.5. The van der Waals surface area contributed by atoms with Gasteiger partial charge in [0, 0.05) is 0 Å². The van der Waals surface area contributed by atoms with E-state index in [0.717, 1.165) is 6.42 Å². The van der Waals surface area contributed by atoms with Gasteiger partial charge in [0.05, 0.1) is 5.41 Å². The molecule has 0 saturated heterocycles. The number of hydrogen-bond donors (Lipinski definition) is 1. The molecule has 0 radical (unpaired) electrons. The highest BCUT2D eigenvalue weighted by molar-refractivity contribution is 7.80. The van der Waals surface area contributed by atoms with Crippen LogP contribution in [0.1, 0.15) is 39.5 Å². The van der Waals surface area contributed by atoms with Gasteiger partial charge in [-0.3, -0.25) is 0 Å². The molecule has 0 fully saturated rings. The van der Waals surface area contributed by atoms with Crippen molar-refractivity contribution in [3.05, 3.63) is 0 Å². The summed E-state index contributed by atoms with van der Waals surface area (Å²) in [6.07, 6.45) is -2.34. The fourth-order valence-corrected chi connectivity index (χ4v) is 1.37. The number of thiol groups is 1. The molecular weight excluding hydrogens is 197 g/mol. The van der Waals surface area contributed by atoms with Crippen LogP contribution in [0.15, 0.2) is 0 Å². The monoisotopic (exact) mass is 214 g/mol. The molecule has 0 nitrogen and oxygen atoms in total. The van der Waals surface area contributed by atoms with Crippen LogP contribution in [0.4, 0.5) is 13.2 Å². The minimum atomic E-state index is -4.07. The van der Waals surface area contributed by atoms with Gasteiger partial charge in [0.25, 0.3) is 0 Å². The number of rotatable bonds is 5. The Hall–Kier alpha value is 0.140. The quantitative estimate of drug-likeness (QED) is 0.517. The van der Waals surface area contributed by atoms with Crippen molar-refractivity contribution in [2.24, 2.45) is 5.41 Å². The molecule has 0 amide bonds. The van der Waals surface area contributed by atoms with Gasteiger partial charge in [-0.05, 0) is 25.0 Å². The van der Waals surface area contributed by atoms with Crippen molar-refractivity contribution < 1.29 is 13.2 Å². The van der Waals surface area contributed by atoms with E-state index in [-0.39, 0.29) is 12.8 Å². The van der Waals surface area contributed by atoms with Crippen molar-refractivity contribution in [1.82, 2.24) is 0 Å². The summed E-state index contributed by atoms with van der Waals surface area (Å²) >= 11 is 3.97. The summed E-state index contributed by atoms with van der Waals surface area (Å²) in [4.78, 5) is 0. The minimum absolute atomic E-state index is 0.156. The molecule has 0 spiro atoms. The average Bonchev–Trinajstić information content (AvgIpc) is 2.02. The summed E-state index contributed by atoms with van der Waals surface area (Å²) in [6.45, 7) is 2.89. The van der Waals surface area contributed by atoms with Crippen molar-refractivity contribution >= 4 is 12.6 Å². The van der Waals surface area contributed by atoms with Gasteiger partial charge >= 0.3 is 6.18 Å². The van der Waals surface area contributed by atoms with Crippen LogP contribution < -0.4 is 0 Å². The number of unbranched alkanes of at least 4 members (excludes halogenated alkanes) is 1. The zero-order valence-electron chi connectivity index (χ0n) is 8.12. The summed E-state index contributed by atoms with van der Waals surface area (Å²) < 4.78 is 37.5. The highest BCUT2D eigenvalue weighted by atomic mass is 32.1. The molecule has 1 atom stereocenters. The van der Waals surface area contributed by atoms with Gasteiger partial charge in [0.15, 0.2) is 0 Å². The summed E-state index contributed by atoms with van der Waals surface area (Å²) in [5.41, 5.74) is -1.50. The van der Waals surface area contributed by atoms with Gasteiger partial charge in [-0.25, -0.2) is 0 Å². The van der Waals surface area contributed by atoms with Crippen molar-refractivity contribution in [2.45, 2.75) is 45.7 Å². The molecule has 0 N–H and O–H groups in total. The molecule has 0 aliphatic carbocycles. The normalized spacial score (nSPS) is 17.1. The lowest BCUT2D eigenvalue weighted by atomic mass is 9.82. The molecule has 80 valence electrons. The molecule has 13 heavy (non-hydrogen) atoms. The van der Waals surface area contributed by atoms with Crippen LogP contribution >= 0.6 is 12.6 Å². The Labute approximate surface area is 83.3 Å². The van der Waals surface area contributed by atoms with E-state index in [2.05, 4.69) is 12.6 Å². The van der Waals surface area contributed by atoms with Crippen LogP contribution in [-0.4, -0.2) is 11.9 Å². The third-order valence-corrected chi connectivity index (χ3v) is 2.92. The fourth-order valence-electron chi connectivity index (χ4n) is 1.15. The van der Waals surface area contributed by atoms with Crippen molar-refractivity contribution in [3.8, 4) is 0 Å². The molecule has 4 heteroatoms. The molecule has 0 aromatic rings. The largest absolute Gasteiger partial charge is 0.394 e. The Bertz CT molecular complexity index is 144. The first-order valence-electron chi connectivity index (χ1n) is 4.55. The van der Waals surface area contributed by atoms with Gasteiger partial charge in [-0.2, -0.15) is 25.8 Å². The highest BCUT2D eigenvalue weighted by Crippen LogP contribution is 2.44. The van der Waals surface area contributed by atoms with Crippen LogP contribution in [0.5, 0.6) is 0 Å². The van der Waals surface area contributed by atoms with E-state index in [4.69, 9.17) is 0 Å². The van der Waals surface area contributed by atoms with Crippen LogP contribution in [0.2, 0.25) is 0 Å². The van der Waals surface area contributed by atoms with Gasteiger partial charge in [0.2, 0.25) is 0 Å². The first-order chi connectivity index (χ1) is 5.87. The minimum Gasteiger partial charge on any atom is -0.179 e. The van der Waals surface area contributed by atoms with E-state index < -0.39 is 11.6 Å². The third kappa shape index (κ3) is 3.79. The van der Waals surface area contributed by atoms with Crippen LogP contribution in [0.3, 0.4) is 0 Å². The van der Waals surface area contributed by atoms with Crippen LogP contribution in [0, 0.1) is 5.41 Å². The summed E-state index contributed by atoms with van der Waals surface area (Å²) in [7, 11) is 0. The molecule has 0 unspecified atom stereocenters. The van der Waals surface area contributed by atoms with Crippen molar-refractivity contribution in [3.63, 3.8) is 0 Å². The Morgan fingerprint density at radius 3 is 2.00 bits per heavy atom. The zero-order valence-corrected chi connectivity index (χ0v) is 9.01. The molecular formula is C9H17F3S. The maximum Gasteiger partial charge on any atom is 0.394 e. The summed E-state index contributed by atoms with van der Waals surface area (Å²) in [6, 6.07) is 0. The maximum atomic E-state index is 12.5. The predicted octanol–water partition coefficient (Wildman–Crippen LogP) is 4.07. The first kappa shape index (κ1) is 13.1.